The lowest BCUT2D eigenvalue weighted by atomic mass is 9.99. The summed E-state index contributed by atoms with van der Waals surface area (Å²) in [5.74, 6) is 0. The molecule has 15 heavy (non-hydrogen) atoms. The van der Waals surface area contributed by atoms with Crippen molar-refractivity contribution >= 4 is 0 Å². The van der Waals surface area contributed by atoms with Gasteiger partial charge in [0.05, 0.1) is 6.10 Å². The molecule has 84 valence electrons. The van der Waals surface area contributed by atoms with Gasteiger partial charge in [-0.15, -0.1) is 0 Å². The molecular formula is C13H20O2. The van der Waals surface area contributed by atoms with Crippen molar-refractivity contribution in [1.82, 2.24) is 0 Å². The van der Waals surface area contributed by atoms with Gasteiger partial charge in [0.1, 0.15) is 0 Å². The van der Waals surface area contributed by atoms with E-state index in [1.165, 1.54) is 11.1 Å². The zero-order valence-corrected chi connectivity index (χ0v) is 9.82. The van der Waals surface area contributed by atoms with Gasteiger partial charge in [0, 0.05) is 27.2 Å². The maximum atomic E-state index is 5.50. The van der Waals surface area contributed by atoms with E-state index in [-0.39, 0.29) is 6.10 Å². The van der Waals surface area contributed by atoms with E-state index in [1.807, 2.05) is 0 Å². The van der Waals surface area contributed by atoms with Crippen LogP contribution in [0.25, 0.3) is 0 Å². The zero-order valence-electron chi connectivity index (χ0n) is 9.82. The monoisotopic (exact) mass is 208 g/mol. The predicted octanol–water partition coefficient (Wildman–Crippen LogP) is 2.97. The molecule has 0 amide bonds. The zero-order chi connectivity index (χ0) is 11.1. The number of rotatable bonds is 6. The Morgan fingerprint density at radius 2 is 1.93 bits per heavy atom. The van der Waals surface area contributed by atoms with Gasteiger partial charge in [-0.3, -0.25) is 0 Å². The molecule has 0 aromatic heterocycles. The van der Waals surface area contributed by atoms with Crippen LogP contribution in [0.4, 0.5) is 0 Å². The van der Waals surface area contributed by atoms with E-state index in [2.05, 4.69) is 31.2 Å². The Morgan fingerprint density at radius 3 is 2.53 bits per heavy atom. The second-order valence-electron chi connectivity index (χ2n) is 3.56. The second-order valence-corrected chi connectivity index (χ2v) is 3.56. The van der Waals surface area contributed by atoms with E-state index in [0.717, 1.165) is 19.4 Å². The molecule has 0 saturated heterocycles. The lowest BCUT2D eigenvalue weighted by Gasteiger charge is -2.18. The highest BCUT2D eigenvalue weighted by atomic mass is 16.5. The molecule has 2 heteroatoms. The van der Waals surface area contributed by atoms with Crippen molar-refractivity contribution in [2.75, 3.05) is 20.8 Å². The van der Waals surface area contributed by atoms with Crippen LogP contribution in [0.15, 0.2) is 24.3 Å². The molecule has 1 aromatic carbocycles. The van der Waals surface area contributed by atoms with E-state index in [1.54, 1.807) is 14.2 Å². The minimum atomic E-state index is 0.154. The maximum absolute atomic E-state index is 5.50. The van der Waals surface area contributed by atoms with Gasteiger partial charge in [-0.1, -0.05) is 31.2 Å². The van der Waals surface area contributed by atoms with E-state index in [4.69, 9.17) is 9.47 Å². The van der Waals surface area contributed by atoms with Crippen LogP contribution < -0.4 is 0 Å². The van der Waals surface area contributed by atoms with Crippen LogP contribution >= 0.6 is 0 Å². The Hall–Kier alpha value is -0.860. The van der Waals surface area contributed by atoms with Gasteiger partial charge in [0.2, 0.25) is 0 Å². The number of hydrogen-bond acceptors (Lipinski definition) is 2. The van der Waals surface area contributed by atoms with E-state index in [0.29, 0.717) is 0 Å². The van der Waals surface area contributed by atoms with Crippen LogP contribution in [0.3, 0.4) is 0 Å². The molecule has 0 fully saturated rings. The molecule has 0 heterocycles. The molecule has 1 aromatic rings. The Balaban J connectivity index is 2.80. The molecule has 0 aliphatic rings. The molecule has 0 bridgehead atoms. The average molecular weight is 208 g/mol. The molecule has 2 nitrogen and oxygen atoms in total. The van der Waals surface area contributed by atoms with E-state index >= 15 is 0 Å². The molecule has 1 atom stereocenters. The number of hydrogen-bond donors (Lipinski definition) is 0. The standard InChI is InChI=1S/C13H20O2/c1-4-11-7-5-6-8-12(11)13(15-3)9-10-14-2/h5-8,13H,4,9-10H2,1-3H3. The van der Waals surface area contributed by atoms with Gasteiger partial charge in [-0.2, -0.15) is 0 Å². The topological polar surface area (TPSA) is 18.5 Å². The summed E-state index contributed by atoms with van der Waals surface area (Å²) in [5, 5.41) is 0. The lowest BCUT2D eigenvalue weighted by Crippen LogP contribution is -2.07. The van der Waals surface area contributed by atoms with Gasteiger partial charge in [0.15, 0.2) is 0 Å². The molecule has 0 N–H and O–H groups in total. The second kappa shape index (κ2) is 6.59. The first-order valence-electron chi connectivity index (χ1n) is 5.43. The fourth-order valence-corrected chi connectivity index (χ4v) is 1.80. The molecule has 1 rings (SSSR count). The minimum absolute atomic E-state index is 0.154. The highest BCUT2D eigenvalue weighted by Crippen LogP contribution is 2.24. The third-order valence-electron chi connectivity index (χ3n) is 2.65. The summed E-state index contributed by atoms with van der Waals surface area (Å²) >= 11 is 0. The van der Waals surface area contributed by atoms with Crippen molar-refractivity contribution in [2.45, 2.75) is 25.9 Å². The molecule has 1 unspecified atom stereocenters. The lowest BCUT2D eigenvalue weighted by molar-refractivity contribution is 0.0656. The molecule has 0 aliphatic carbocycles. The maximum Gasteiger partial charge on any atom is 0.0845 e. The van der Waals surface area contributed by atoms with Crippen molar-refractivity contribution in [3.63, 3.8) is 0 Å². The highest BCUT2D eigenvalue weighted by Gasteiger charge is 2.12. The van der Waals surface area contributed by atoms with Crippen LogP contribution in [0, 0.1) is 0 Å². The third kappa shape index (κ3) is 3.33. The van der Waals surface area contributed by atoms with Gasteiger partial charge in [-0.05, 0) is 17.5 Å². The summed E-state index contributed by atoms with van der Waals surface area (Å²) in [4.78, 5) is 0. The first kappa shape index (κ1) is 12.2. The number of aryl methyl sites for hydroxylation is 1. The summed E-state index contributed by atoms with van der Waals surface area (Å²) in [6.45, 7) is 2.90. The van der Waals surface area contributed by atoms with Crippen LogP contribution in [0.1, 0.15) is 30.6 Å². The molecule has 0 spiro atoms. The van der Waals surface area contributed by atoms with Crippen LogP contribution in [-0.4, -0.2) is 20.8 Å². The largest absolute Gasteiger partial charge is 0.385 e. The van der Waals surface area contributed by atoms with Crippen LogP contribution in [-0.2, 0) is 15.9 Å². The smallest absolute Gasteiger partial charge is 0.0845 e. The van der Waals surface area contributed by atoms with Crippen molar-refractivity contribution in [3.8, 4) is 0 Å². The van der Waals surface area contributed by atoms with Gasteiger partial charge >= 0.3 is 0 Å². The van der Waals surface area contributed by atoms with Gasteiger partial charge in [0.25, 0.3) is 0 Å². The molecular weight excluding hydrogens is 188 g/mol. The summed E-state index contributed by atoms with van der Waals surface area (Å²) in [6, 6.07) is 8.44. The fourth-order valence-electron chi connectivity index (χ4n) is 1.80. The van der Waals surface area contributed by atoms with Crippen molar-refractivity contribution < 1.29 is 9.47 Å². The number of benzene rings is 1. The predicted molar refractivity (Wildman–Crippen MR) is 62.1 cm³/mol. The van der Waals surface area contributed by atoms with Crippen molar-refractivity contribution in [2.24, 2.45) is 0 Å². The fraction of sp³-hybridized carbons (Fsp3) is 0.538. The average Bonchev–Trinajstić information content (AvgIpc) is 2.30. The Morgan fingerprint density at radius 1 is 1.20 bits per heavy atom. The molecule has 0 radical (unpaired) electrons. The van der Waals surface area contributed by atoms with Crippen LogP contribution in [0.5, 0.6) is 0 Å². The Kier molecular flexibility index (Phi) is 5.37. The van der Waals surface area contributed by atoms with Gasteiger partial charge in [-0.25, -0.2) is 0 Å². The first-order valence-corrected chi connectivity index (χ1v) is 5.43. The van der Waals surface area contributed by atoms with Crippen molar-refractivity contribution in [1.29, 1.82) is 0 Å². The summed E-state index contributed by atoms with van der Waals surface area (Å²) < 4.78 is 10.6. The Bertz CT molecular complexity index is 284. The first-order chi connectivity index (χ1) is 7.33. The SMILES string of the molecule is CCc1ccccc1C(CCOC)OC. The van der Waals surface area contributed by atoms with E-state index < -0.39 is 0 Å². The van der Waals surface area contributed by atoms with Crippen molar-refractivity contribution in [3.05, 3.63) is 35.4 Å². The summed E-state index contributed by atoms with van der Waals surface area (Å²) in [5.41, 5.74) is 2.65. The van der Waals surface area contributed by atoms with E-state index in [9.17, 15) is 0 Å². The number of ether oxygens (including phenoxy) is 2. The number of methoxy groups -OCH3 is 2. The third-order valence-corrected chi connectivity index (χ3v) is 2.65. The molecule has 0 saturated carbocycles. The van der Waals surface area contributed by atoms with Crippen LogP contribution in [0.2, 0.25) is 0 Å². The molecule has 0 aliphatic heterocycles. The Labute approximate surface area is 92.2 Å². The highest BCUT2D eigenvalue weighted by molar-refractivity contribution is 5.29. The normalized spacial score (nSPS) is 12.7. The minimum Gasteiger partial charge on any atom is -0.385 e. The summed E-state index contributed by atoms with van der Waals surface area (Å²) in [6.07, 6.45) is 2.11. The quantitative estimate of drug-likeness (QED) is 0.715. The summed E-state index contributed by atoms with van der Waals surface area (Å²) in [7, 11) is 3.48. The van der Waals surface area contributed by atoms with Gasteiger partial charge < -0.3 is 9.47 Å².